The van der Waals surface area contributed by atoms with Crippen molar-refractivity contribution in [2.45, 2.75) is 44.1 Å². The molecule has 3 rings (SSSR count). The van der Waals surface area contributed by atoms with E-state index in [0.29, 0.717) is 11.7 Å². The Morgan fingerprint density at radius 1 is 1.21 bits per heavy atom. The highest BCUT2D eigenvalue weighted by molar-refractivity contribution is 5.30. The molecule has 1 aliphatic rings. The van der Waals surface area contributed by atoms with Gasteiger partial charge in [0.15, 0.2) is 5.82 Å². The van der Waals surface area contributed by atoms with Crippen molar-refractivity contribution in [1.29, 1.82) is 0 Å². The van der Waals surface area contributed by atoms with Gasteiger partial charge >= 0.3 is 0 Å². The molecular weight excluding hydrogens is 238 g/mol. The van der Waals surface area contributed by atoms with Gasteiger partial charge in [-0.2, -0.15) is 4.98 Å². The lowest BCUT2D eigenvalue weighted by atomic mass is 9.77. The van der Waals surface area contributed by atoms with Gasteiger partial charge in [0, 0.05) is 0 Å². The molecule has 1 aromatic heterocycles. The largest absolute Gasteiger partial charge is 0.337 e. The van der Waals surface area contributed by atoms with Crippen molar-refractivity contribution in [3.05, 3.63) is 47.6 Å². The van der Waals surface area contributed by atoms with Crippen molar-refractivity contribution < 1.29 is 4.52 Å². The van der Waals surface area contributed by atoms with Crippen LogP contribution in [-0.4, -0.2) is 10.1 Å². The van der Waals surface area contributed by atoms with Crippen LogP contribution in [0.4, 0.5) is 0 Å². The van der Waals surface area contributed by atoms with E-state index in [0.717, 1.165) is 19.3 Å². The van der Waals surface area contributed by atoms with Crippen molar-refractivity contribution in [3.8, 4) is 0 Å². The zero-order chi connectivity index (χ0) is 13.5. The summed E-state index contributed by atoms with van der Waals surface area (Å²) in [6.07, 6.45) is 3.00. The van der Waals surface area contributed by atoms with E-state index in [9.17, 15) is 0 Å². The number of hydrogen-bond donors (Lipinski definition) is 1. The van der Waals surface area contributed by atoms with E-state index < -0.39 is 5.54 Å². The Labute approximate surface area is 113 Å². The van der Waals surface area contributed by atoms with Crippen LogP contribution >= 0.6 is 0 Å². The summed E-state index contributed by atoms with van der Waals surface area (Å²) in [4.78, 5) is 4.55. The highest BCUT2D eigenvalue weighted by atomic mass is 16.5. The monoisotopic (exact) mass is 257 g/mol. The number of hydrogen-bond acceptors (Lipinski definition) is 4. The summed E-state index contributed by atoms with van der Waals surface area (Å²) < 4.78 is 5.39. The first-order chi connectivity index (χ1) is 9.02. The second-order valence-corrected chi connectivity index (χ2v) is 5.92. The van der Waals surface area contributed by atoms with Crippen LogP contribution in [0.3, 0.4) is 0 Å². The molecule has 2 aromatic rings. The van der Waals surface area contributed by atoms with Gasteiger partial charge < -0.3 is 10.3 Å². The summed E-state index contributed by atoms with van der Waals surface area (Å²) in [5, 5.41) is 4.15. The molecule has 4 heteroatoms. The molecule has 0 spiro atoms. The molecule has 0 atom stereocenters. The van der Waals surface area contributed by atoms with E-state index >= 15 is 0 Å². The van der Waals surface area contributed by atoms with Crippen LogP contribution in [0, 0.1) is 0 Å². The summed E-state index contributed by atoms with van der Waals surface area (Å²) in [5.41, 5.74) is 6.73. The minimum absolute atomic E-state index is 0.275. The first-order valence-corrected chi connectivity index (χ1v) is 6.71. The molecule has 0 bridgehead atoms. The van der Waals surface area contributed by atoms with Gasteiger partial charge in [0.05, 0.1) is 11.0 Å². The number of benzene rings is 1. The van der Waals surface area contributed by atoms with Crippen molar-refractivity contribution >= 4 is 0 Å². The molecule has 0 aliphatic heterocycles. The predicted octanol–water partition coefficient (Wildman–Crippen LogP) is 2.73. The normalized spacial score (nSPS) is 18.1. The van der Waals surface area contributed by atoms with E-state index in [4.69, 9.17) is 10.3 Å². The molecule has 2 N–H and O–H groups in total. The van der Waals surface area contributed by atoms with E-state index in [1.807, 2.05) is 18.2 Å². The smallest absolute Gasteiger partial charge is 0.246 e. The first-order valence-electron chi connectivity index (χ1n) is 6.71. The zero-order valence-corrected chi connectivity index (χ0v) is 11.4. The van der Waals surface area contributed by atoms with Crippen LogP contribution in [0.5, 0.6) is 0 Å². The highest BCUT2D eigenvalue weighted by Gasteiger charge is 2.41. The molecule has 0 amide bonds. The van der Waals surface area contributed by atoms with Crippen molar-refractivity contribution in [2.75, 3.05) is 0 Å². The molecule has 1 aromatic carbocycles. The molecule has 19 heavy (non-hydrogen) atoms. The molecule has 1 fully saturated rings. The van der Waals surface area contributed by atoms with E-state index in [2.05, 4.69) is 36.1 Å². The second kappa shape index (κ2) is 4.17. The molecule has 0 radical (unpaired) electrons. The lowest BCUT2D eigenvalue weighted by molar-refractivity contribution is 0.181. The summed E-state index contributed by atoms with van der Waals surface area (Å²) in [6.45, 7) is 4.20. The summed E-state index contributed by atoms with van der Waals surface area (Å²) in [7, 11) is 0. The average molecular weight is 257 g/mol. The zero-order valence-electron chi connectivity index (χ0n) is 11.4. The van der Waals surface area contributed by atoms with Gasteiger partial charge in [-0.1, -0.05) is 35.5 Å². The Balaban J connectivity index is 1.94. The molecule has 1 saturated carbocycles. The third-order valence-corrected chi connectivity index (χ3v) is 4.15. The van der Waals surface area contributed by atoms with Gasteiger partial charge in [0.2, 0.25) is 5.89 Å². The lowest BCUT2D eigenvalue weighted by Gasteiger charge is -2.33. The number of aromatic nitrogens is 2. The minimum atomic E-state index is -0.391. The number of nitrogens with zero attached hydrogens (tertiary/aromatic N) is 2. The Kier molecular flexibility index (Phi) is 2.71. The topological polar surface area (TPSA) is 64.9 Å². The van der Waals surface area contributed by atoms with Crippen LogP contribution in [-0.2, 0) is 11.0 Å². The highest BCUT2D eigenvalue weighted by Crippen LogP contribution is 2.39. The Morgan fingerprint density at radius 3 is 2.47 bits per heavy atom. The van der Waals surface area contributed by atoms with Crippen molar-refractivity contribution in [1.82, 2.24) is 10.1 Å². The fraction of sp³-hybridized carbons (Fsp3) is 0.467. The van der Waals surface area contributed by atoms with Gasteiger partial charge in [0.25, 0.3) is 0 Å². The van der Waals surface area contributed by atoms with E-state index in [-0.39, 0.29) is 5.41 Å². The summed E-state index contributed by atoms with van der Waals surface area (Å²) in [5.74, 6) is 1.28. The van der Waals surface area contributed by atoms with Crippen molar-refractivity contribution in [2.24, 2.45) is 5.73 Å². The Bertz CT molecular complexity index is 570. The molecule has 0 saturated heterocycles. The standard InChI is InChI=1S/C15H19N3O/c1-14(2,11-7-4-3-5-8-11)12-17-13(19-18-12)15(16)9-6-10-15/h3-5,7-8H,6,9-10,16H2,1-2H3. The average Bonchev–Trinajstić information content (AvgIpc) is 2.87. The molecule has 1 aliphatic carbocycles. The molecule has 1 heterocycles. The number of nitrogens with two attached hydrogens (primary N) is 1. The molecular formula is C15H19N3O. The minimum Gasteiger partial charge on any atom is -0.337 e. The lowest BCUT2D eigenvalue weighted by Crippen LogP contribution is -2.43. The number of rotatable bonds is 3. The van der Waals surface area contributed by atoms with Crippen LogP contribution in [0.25, 0.3) is 0 Å². The van der Waals surface area contributed by atoms with Gasteiger partial charge in [0.1, 0.15) is 0 Å². The van der Waals surface area contributed by atoms with Gasteiger partial charge in [-0.3, -0.25) is 0 Å². The maximum absolute atomic E-state index is 6.22. The first kappa shape index (κ1) is 12.4. The Morgan fingerprint density at radius 2 is 1.89 bits per heavy atom. The molecule has 0 unspecified atom stereocenters. The van der Waals surface area contributed by atoms with Crippen LogP contribution in [0.15, 0.2) is 34.9 Å². The van der Waals surface area contributed by atoms with Crippen LogP contribution in [0.1, 0.15) is 50.4 Å². The van der Waals surface area contributed by atoms with Crippen LogP contribution < -0.4 is 5.73 Å². The van der Waals surface area contributed by atoms with Gasteiger partial charge in [-0.25, -0.2) is 0 Å². The quantitative estimate of drug-likeness (QED) is 0.918. The summed E-state index contributed by atoms with van der Waals surface area (Å²) in [6, 6.07) is 10.2. The fourth-order valence-electron chi connectivity index (χ4n) is 2.44. The third kappa shape index (κ3) is 1.96. The summed E-state index contributed by atoms with van der Waals surface area (Å²) >= 11 is 0. The Hall–Kier alpha value is -1.68. The van der Waals surface area contributed by atoms with E-state index in [1.54, 1.807) is 0 Å². The molecule has 100 valence electrons. The van der Waals surface area contributed by atoms with Gasteiger partial charge in [-0.05, 0) is 38.7 Å². The third-order valence-electron chi connectivity index (χ3n) is 4.15. The second-order valence-electron chi connectivity index (χ2n) is 5.92. The van der Waals surface area contributed by atoms with Gasteiger partial charge in [-0.15, -0.1) is 0 Å². The fourth-order valence-corrected chi connectivity index (χ4v) is 2.44. The maximum Gasteiger partial charge on any atom is 0.246 e. The SMILES string of the molecule is CC(C)(c1ccccc1)c1noc(C2(N)CCC2)n1. The van der Waals surface area contributed by atoms with Crippen LogP contribution in [0.2, 0.25) is 0 Å². The van der Waals surface area contributed by atoms with Crippen molar-refractivity contribution in [3.63, 3.8) is 0 Å². The predicted molar refractivity (Wildman–Crippen MR) is 72.6 cm³/mol. The molecule has 4 nitrogen and oxygen atoms in total. The van der Waals surface area contributed by atoms with E-state index in [1.165, 1.54) is 5.56 Å². The maximum atomic E-state index is 6.22.